The van der Waals surface area contributed by atoms with Gasteiger partial charge in [0.05, 0.1) is 4.90 Å². The van der Waals surface area contributed by atoms with Gasteiger partial charge in [-0.3, -0.25) is 9.59 Å². The third kappa shape index (κ3) is 4.67. The first-order chi connectivity index (χ1) is 15.3. The first kappa shape index (κ1) is 22.8. The number of fused-ring (bicyclic) bond motifs is 1. The Morgan fingerprint density at radius 3 is 2.50 bits per heavy atom. The minimum Gasteiger partial charge on any atom is -0.326 e. The van der Waals surface area contributed by atoms with Crippen LogP contribution in [0.15, 0.2) is 47.4 Å². The number of hydrogen-bond donors (Lipinski definition) is 1. The van der Waals surface area contributed by atoms with Gasteiger partial charge in [-0.2, -0.15) is 4.31 Å². The minimum atomic E-state index is -3.67. The SMILES string of the molecule is CC(=O)N1CCCc2cc(S(=O)(=O)N3CCC(C(=O)Nc4cccc(Cl)c4)CC3)ccc21. The number of anilines is 2. The van der Waals surface area contributed by atoms with E-state index in [1.165, 1.54) is 11.2 Å². The molecule has 0 saturated carbocycles. The lowest BCUT2D eigenvalue weighted by Gasteiger charge is -2.32. The van der Waals surface area contributed by atoms with E-state index in [-0.39, 0.29) is 35.7 Å². The van der Waals surface area contributed by atoms with Crippen molar-refractivity contribution in [2.24, 2.45) is 5.92 Å². The first-order valence-electron chi connectivity index (χ1n) is 10.7. The van der Waals surface area contributed by atoms with Gasteiger partial charge in [0.25, 0.3) is 0 Å². The zero-order valence-electron chi connectivity index (χ0n) is 17.9. The Balaban J connectivity index is 1.43. The predicted octanol–water partition coefficient (Wildman–Crippen LogP) is 3.68. The number of carbonyl (C=O) groups is 2. The Hall–Kier alpha value is -2.42. The summed E-state index contributed by atoms with van der Waals surface area (Å²) in [6.07, 6.45) is 2.46. The van der Waals surface area contributed by atoms with Gasteiger partial charge in [-0.1, -0.05) is 17.7 Å². The molecule has 1 saturated heterocycles. The summed E-state index contributed by atoms with van der Waals surface area (Å²) in [6, 6.07) is 12.0. The van der Waals surface area contributed by atoms with Crippen LogP contribution in [0.3, 0.4) is 0 Å². The maximum absolute atomic E-state index is 13.2. The molecule has 170 valence electrons. The molecular formula is C23H26ClN3O4S. The minimum absolute atomic E-state index is 0.0420. The predicted molar refractivity (Wildman–Crippen MR) is 124 cm³/mol. The molecule has 2 aliphatic rings. The Bertz CT molecular complexity index is 1140. The Morgan fingerprint density at radius 2 is 1.81 bits per heavy atom. The Labute approximate surface area is 193 Å². The van der Waals surface area contributed by atoms with Crippen LogP contribution in [0.5, 0.6) is 0 Å². The number of carbonyl (C=O) groups excluding carboxylic acids is 2. The molecule has 4 rings (SSSR count). The second-order valence-electron chi connectivity index (χ2n) is 8.24. The zero-order chi connectivity index (χ0) is 22.9. The number of halogens is 1. The van der Waals surface area contributed by atoms with Gasteiger partial charge < -0.3 is 10.2 Å². The summed E-state index contributed by atoms with van der Waals surface area (Å²) in [5, 5.41) is 3.40. The van der Waals surface area contributed by atoms with Crippen molar-refractivity contribution in [3.05, 3.63) is 53.1 Å². The number of rotatable bonds is 4. The van der Waals surface area contributed by atoms with Crippen molar-refractivity contribution in [2.45, 2.75) is 37.5 Å². The van der Waals surface area contributed by atoms with Crippen molar-refractivity contribution >= 4 is 44.8 Å². The quantitative estimate of drug-likeness (QED) is 0.730. The van der Waals surface area contributed by atoms with E-state index in [2.05, 4.69) is 5.32 Å². The van der Waals surface area contributed by atoms with E-state index < -0.39 is 10.0 Å². The van der Waals surface area contributed by atoms with Crippen LogP contribution in [0, 0.1) is 5.92 Å². The normalized spacial score (nSPS) is 17.6. The lowest BCUT2D eigenvalue weighted by atomic mass is 9.97. The molecule has 7 nitrogen and oxygen atoms in total. The van der Waals surface area contributed by atoms with Crippen LogP contribution in [0.4, 0.5) is 11.4 Å². The number of aryl methyl sites for hydroxylation is 1. The van der Waals surface area contributed by atoms with Crippen LogP contribution >= 0.6 is 11.6 Å². The average molecular weight is 476 g/mol. The van der Waals surface area contributed by atoms with Gasteiger partial charge in [0, 0.05) is 48.9 Å². The highest BCUT2D eigenvalue weighted by Gasteiger charge is 2.33. The van der Waals surface area contributed by atoms with Crippen LogP contribution in [0.25, 0.3) is 0 Å². The monoisotopic (exact) mass is 475 g/mol. The molecule has 0 aromatic heterocycles. The number of benzene rings is 2. The molecule has 0 unspecified atom stereocenters. The van der Waals surface area contributed by atoms with Gasteiger partial charge in [0.15, 0.2) is 0 Å². The topological polar surface area (TPSA) is 86.8 Å². The standard InChI is InChI=1S/C23H26ClN3O4S/c1-16(28)27-11-3-4-18-14-21(7-8-22(18)27)32(30,31)26-12-9-17(10-13-26)23(29)25-20-6-2-5-19(24)15-20/h2,5-8,14-15,17H,3-4,9-13H2,1H3,(H,25,29). The fourth-order valence-corrected chi connectivity index (χ4v) is 6.09. The van der Waals surface area contributed by atoms with Gasteiger partial charge in [-0.15, -0.1) is 0 Å². The van der Waals surface area contributed by atoms with E-state index >= 15 is 0 Å². The molecule has 0 aliphatic carbocycles. The molecule has 1 N–H and O–H groups in total. The fourth-order valence-electron chi connectivity index (χ4n) is 4.38. The summed E-state index contributed by atoms with van der Waals surface area (Å²) in [5.74, 6) is -0.421. The number of piperidine rings is 1. The van der Waals surface area contributed by atoms with Gasteiger partial charge in [0.1, 0.15) is 0 Å². The lowest BCUT2D eigenvalue weighted by Crippen LogP contribution is -2.41. The molecular weight excluding hydrogens is 450 g/mol. The highest BCUT2D eigenvalue weighted by atomic mass is 35.5. The molecule has 2 aromatic carbocycles. The Kier molecular flexibility index (Phi) is 6.55. The first-order valence-corrected chi connectivity index (χ1v) is 12.5. The smallest absolute Gasteiger partial charge is 0.243 e. The van der Waals surface area contributed by atoms with Crippen molar-refractivity contribution in [1.82, 2.24) is 4.31 Å². The molecule has 32 heavy (non-hydrogen) atoms. The molecule has 0 bridgehead atoms. The Morgan fingerprint density at radius 1 is 1.06 bits per heavy atom. The molecule has 2 aliphatic heterocycles. The second-order valence-corrected chi connectivity index (χ2v) is 10.6. The maximum Gasteiger partial charge on any atom is 0.243 e. The molecule has 1 fully saturated rings. The molecule has 2 aromatic rings. The fraction of sp³-hybridized carbons (Fsp3) is 0.391. The third-order valence-electron chi connectivity index (χ3n) is 6.10. The highest BCUT2D eigenvalue weighted by Crippen LogP contribution is 2.32. The summed E-state index contributed by atoms with van der Waals surface area (Å²) < 4.78 is 27.9. The van der Waals surface area contributed by atoms with Crippen LogP contribution in [-0.4, -0.2) is 44.2 Å². The summed E-state index contributed by atoms with van der Waals surface area (Å²) in [7, 11) is -3.67. The molecule has 0 radical (unpaired) electrons. The van der Waals surface area contributed by atoms with Gasteiger partial charge in [-0.05, 0) is 67.6 Å². The summed E-state index contributed by atoms with van der Waals surface area (Å²) >= 11 is 5.97. The van der Waals surface area contributed by atoms with Gasteiger partial charge in [0.2, 0.25) is 21.8 Å². The number of nitrogens with zero attached hydrogens (tertiary/aromatic N) is 2. The lowest BCUT2D eigenvalue weighted by molar-refractivity contribution is -0.121. The van der Waals surface area contributed by atoms with Crippen LogP contribution in [0.2, 0.25) is 5.02 Å². The van der Waals surface area contributed by atoms with E-state index in [9.17, 15) is 18.0 Å². The largest absolute Gasteiger partial charge is 0.326 e. The van der Waals surface area contributed by atoms with E-state index in [1.54, 1.807) is 47.4 Å². The number of sulfonamides is 1. The van der Waals surface area contributed by atoms with Gasteiger partial charge in [-0.25, -0.2) is 8.42 Å². The summed E-state index contributed by atoms with van der Waals surface area (Å²) in [4.78, 5) is 26.4. The van der Waals surface area contributed by atoms with Crippen molar-refractivity contribution in [1.29, 1.82) is 0 Å². The number of nitrogens with one attached hydrogen (secondary N) is 1. The van der Waals surface area contributed by atoms with Crippen molar-refractivity contribution < 1.29 is 18.0 Å². The van der Waals surface area contributed by atoms with E-state index in [0.717, 1.165) is 24.1 Å². The van der Waals surface area contributed by atoms with Crippen molar-refractivity contribution in [3.63, 3.8) is 0 Å². The number of hydrogen-bond acceptors (Lipinski definition) is 4. The van der Waals surface area contributed by atoms with E-state index in [0.29, 0.717) is 30.1 Å². The molecule has 2 amide bonds. The third-order valence-corrected chi connectivity index (χ3v) is 8.23. The molecule has 0 atom stereocenters. The van der Waals surface area contributed by atoms with Crippen LogP contribution in [-0.2, 0) is 26.0 Å². The second kappa shape index (κ2) is 9.21. The maximum atomic E-state index is 13.2. The van der Waals surface area contributed by atoms with E-state index in [1.807, 2.05) is 0 Å². The zero-order valence-corrected chi connectivity index (χ0v) is 19.5. The highest BCUT2D eigenvalue weighted by molar-refractivity contribution is 7.89. The molecule has 2 heterocycles. The van der Waals surface area contributed by atoms with E-state index in [4.69, 9.17) is 11.6 Å². The molecule has 9 heteroatoms. The van der Waals surface area contributed by atoms with Crippen molar-refractivity contribution in [2.75, 3.05) is 29.9 Å². The average Bonchev–Trinajstić information content (AvgIpc) is 2.78. The van der Waals surface area contributed by atoms with Crippen LogP contribution < -0.4 is 10.2 Å². The van der Waals surface area contributed by atoms with Crippen molar-refractivity contribution in [3.8, 4) is 0 Å². The van der Waals surface area contributed by atoms with Gasteiger partial charge >= 0.3 is 0 Å². The summed E-state index contributed by atoms with van der Waals surface area (Å²) in [5.41, 5.74) is 2.30. The van der Waals surface area contributed by atoms with Crippen LogP contribution in [0.1, 0.15) is 31.7 Å². The molecule has 0 spiro atoms. The summed E-state index contributed by atoms with van der Waals surface area (Å²) in [6.45, 7) is 2.74. The number of amides is 2.